The van der Waals surface area contributed by atoms with Crippen LogP contribution in [0.5, 0.6) is 0 Å². The van der Waals surface area contributed by atoms with Gasteiger partial charge in [-0.3, -0.25) is 0 Å². The zero-order chi connectivity index (χ0) is 11.4. The average Bonchev–Trinajstić information content (AvgIpc) is 2.32. The van der Waals surface area contributed by atoms with Crippen LogP contribution in [0.25, 0.3) is 0 Å². The zero-order valence-electron chi connectivity index (χ0n) is 9.62. The lowest BCUT2D eigenvalue weighted by Gasteiger charge is -2.32. The van der Waals surface area contributed by atoms with Crippen LogP contribution in [-0.2, 0) is 0 Å². The molecule has 0 bridgehead atoms. The number of aromatic nitrogens is 1. The fraction of sp³-hybridized carbons (Fsp3) is 0.583. The Morgan fingerprint density at radius 2 is 2.44 bits per heavy atom. The summed E-state index contributed by atoms with van der Waals surface area (Å²) in [6.07, 6.45) is 4.17. The van der Waals surface area contributed by atoms with Crippen molar-refractivity contribution in [1.82, 2.24) is 9.88 Å². The maximum absolute atomic E-state index is 5.80. The van der Waals surface area contributed by atoms with Crippen LogP contribution in [0.4, 0.5) is 5.82 Å². The number of piperidine rings is 1. The van der Waals surface area contributed by atoms with Gasteiger partial charge in [0.2, 0.25) is 0 Å². The Morgan fingerprint density at radius 3 is 3.12 bits per heavy atom. The number of rotatable bonds is 3. The molecule has 4 heteroatoms. The molecule has 0 aliphatic carbocycles. The van der Waals surface area contributed by atoms with Crippen LogP contribution in [-0.4, -0.2) is 35.6 Å². The number of hydrogen-bond acceptors (Lipinski definition) is 3. The fourth-order valence-corrected chi connectivity index (χ4v) is 2.24. The molecule has 0 amide bonds. The molecule has 1 aromatic rings. The van der Waals surface area contributed by atoms with Gasteiger partial charge in [0, 0.05) is 18.8 Å². The van der Waals surface area contributed by atoms with Crippen LogP contribution in [0.1, 0.15) is 19.8 Å². The molecule has 3 nitrogen and oxygen atoms in total. The van der Waals surface area contributed by atoms with Crippen LogP contribution >= 0.6 is 11.6 Å². The number of pyridine rings is 1. The Labute approximate surface area is 102 Å². The van der Waals surface area contributed by atoms with Crippen molar-refractivity contribution < 1.29 is 0 Å². The summed E-state index contributed by atoms with van der Waals surface area (Å²) in [4.78, 5) is 6.73. The van der Waals surface area contributed by atoms with Gasteiger partial charge in [0.05, 0.1) is 5.02 Å². The lowest BCUT2D eigenvalue weighted by Crippen LogP contribution is -2.41. The largest absolute Gasteiger partial charge is 0.366 e. The predicted octanol–water partition coefficient (Wildman–Crippen LogP) is 2.63. The van der Waals surface area contributed by atoms with Gasteiger partial charge in [-0.05, 0) is 38.1 Å². The second kappa shape index (κ2) is 5.51. The van der Waals surface area contributed by atoms with Gasteiger partial charge in [-0.25, -0.2) is 4.98 Å². The quantitative estimate of drug-likeness (QED) is 0.879. The van der Waals surface area contributed by atoms with Gasteiger partial charge in [0.25, 0.3) is 0 Å². The molecule has 2 heterocycles. The molecule has 0 saturated carbocycles. The number of nitrogens with zero attached hydrogens (tertiary/aromatic N) is 2. The van der Waals surface area contributed by atoms with E-state index >= 15 is 0 Å². The third kappa shape index (κ3) is 3.09. The molecule has 0 radical (unpaired) electrons. The number of halogens is 1. The Morgan fingerprint density at radius 1 is 1.56 bits per heavy atom. The molecule has 1 aliphatic rings. The molecule has 16 heavy (non-hydrogen) atoms. The maximum Gasteiger partial charge on any atom is 0.126 e. The molecule has 1 fully saturated rings. The molecule has 0 aromatic carbocycles. The zero-order valence-corrected chi connectivity index (χ0v) is 10.4. The maximum atomic E-state index is 5.80. The number of likely N-dealkylation sites (N-methyl/N-ethyl adjacent to an activating group) is 1. The highest BCUT2D eigenvalue weighted by atomic mass is 35.5. The first-order valence-electron chi connectivity index (χ1n) is 5.88. The molecular weight excluding hydrogens is 222 g/mol. The molecule has 2 rings (SSSR count). The summed E-state index contributed by atoms with van der Waals surface area (Å²) in [7, 11) is 0. The van der Waals surface area contributed by atoms with Crippen LogP contribution in [0.15, 0.2) is 18.3 Å². The highest BCUT2D eigenvalue weighted by molar-refractivity contribution is 6.30. The van der Waals surface area contributed by atoms with E-state index in [1.165, 1.54) is 19.4 Å². The molecule has 1 N–H and O–H groups in total. The van der Waals surface area contributed by atoms with Crippen molar-refractivity contribution in [3.8, 4) is 0 Å². The standard InChI is InChI=1S/C12H18ClN3/c1-2-16-7-3-4-11(9-16)15-12-6-5-10(13)8-14-12/h5-6,8,11H,2-4,7,9H2,1H3,(H,14,15). The van der Waals surface area contributed by atoms with E-state index < -0.39 is 0 Å². The van der Waals surface area contributed by atoms with E-state index in [2.05, 4.69) is 22.1 Å². The van der Waals surface area contributed by atoms with Crippen LogP contribution < -0.4 is 5.32 Å². The Kier molecular flexibility index (Phi) is 4.02. The molecule has 1 aliphatic heterocycles. The number of nitrogens with one attached hydrogen (secondary N) is 1. The summed E-state index contributed by atoms with van der Waals surface area (Å²) >= 11 is 5.80. The monoisotopic (exact) mass is 239 g/mol. The van der Waals surface area contributed by atoms with Gasteiger partial charge in [0.1, 0.15) is 5.82 Å². The number of anilines is 1. The van der Waals surface area contributed by atoms with Crippen LogP contribution in [0.3, 0.4) is 0 Å². The topological polar surface area (TPSA) is 28.2 Å². The average molecular weight is 240 g/mol. The summed E-state index contributed by atoms with van der Waals surface area (Å²) in [6.45, 7) is 5.68. The highest BCUT2D eigenvalue weighted by Crippen LogP contribution is 2.15. The summed E-state index contributed by atoms with van der Waals surface area (Å²) < 4.78 is 0. The van der Waals surface area contributed by atoms with E-state index in [1.807, 2.05) is 12.1 Å². The minimum absolute atomic E-state index is 0.516. The molecule has 1 saturated heterocycles. The molecule has 1 aromatic heterocycles. The number of hydrogen-bond donors (Lipinski definition) is 1. The van der Waals surface area contributed by atoms with Gasteiger partial charge in [0.15, 0.2) is 0 Å². The fourth-order valence-electron chi connectivity index (χ4n) is 2.13. The second-order valence-electron chi connectivity index (χ2n) is 4.24. The Bertz CT molecular complexity index is 326. The van der Waals surface area contributed by atoms with Gasteiger partial charge in [-0.1, -0.05) is 18.5 Å². The Balaban J connectivity index is 1.91. The van der Waals surface area contributed by atoms with E-state index in [0.29, 0.717) is 11.1 Å². The first-order chi connectivity index (χ1) is 7.78. The highest BCUT2D eigenvalue weighted by Gasteiger charge is 2.18. The summed E-state index contributed by atoms with van der Waals surface area (Å²) in [5.74, 6) is 0.923. The van der Waals surface area contributed by atoms with Gasteiger partial charge < -0.3 is 10.2 Å². The summed E-state index contributed by atoms with van der Waals surface area (Å²) in [6, 6.07) is 4.33. The molecule has 1 atom stereocenters. The lowest BCUT2D eigenvalue weighted by atomic mass is 10.1. The van der Waals surface area contributed by atoms with E-state index in [1.54, 1.807) is 6.20 Å². The first-order valence-corrected chi connectivity index (χ1v) is 6.26. The lowest BCUT2D eigenvalue weighted by molar-refractivity contribution is 0.226. The predicted molar refractivity (Wildman–Crippen MR) is 68.0 cm³/mol. The third-order valence-corrected chi connectivity index (χ3v) is 3.26. The van der Waals surface area contributed by atoms with E-state index in [-0.39, 0.29) is 0 Å². The van der Waals surface area contributed by atoms with Crippen molar-refractivity contribution in [1.29, 1.82) is 0 Å². The van der Waals surface area contributed by atoms with Crippen molar-refractivity contribution >= 4 is 17.4 Å². The second-order valence-corrected chi connectivity index (χ2v) is 4.67. The van der Waals surface area contributed by atoms with Crippen molar-refractivity contribution in [2.24, 2.45) is 0 Å². The van der Waals surface area contributed by atoms with Gasteiger partial charge in [-0.15, -0.1) is 0 Å². The Hall–Kier alpha value is -0.800. The minimum atomic E-state index is 0.516. The van der Waals surface area contributed by atoms with Crippen molar-refractivity contribution in [2.45, 2.75) is 25.8 Å². The summed E-state index contributed by atoms with van der Waals surface area (Å²) in [5, 5.41) is 4.15. The SMILES string of the molecule is CCN1CCCC(Nc2ccc(Cl)cn2)C1. The molecule has 0 spiro atoms. The van der Waals surface area contributed by atoms with E-state index in [9.17, 15) is 0 Å². The van der Waals surface area contributed by atoms with Crippen LogP contribution in [0.2, 0.25) is 5.02 Å². The first kappa shape index (κ1) is 11.7. The number of likely N-dealkylation sites (tertiary alicyclic amines) is 1. The van der Waals surface area contributed by atoms with Gasteiger partial charge >= 0.3 is 0 Å². The molecule has 1 unspecified atom stereocenters. The van der Waals surface area contributed by atoms with E-state index in [4.69, 9.17) is 11.6 Å². The smallest absolute Gasteiger partial charge is 0.126 e. The van der Waals surface area contributed by atoms with Crippen molar-refractivity contribution in [3.63, 3.8) is 0 Å². The molecular formula is C12H18ClN3. The van der Waals surface area contributed by atoms with E-state index in [0.717, 1.165) is 18.9 Å². The molecule has 88 valence electrons. The third-order valence-electron chi connectivity index (χ3n) is 3.03. The van der Waals surface area contributed by atoms with Gasteiger partial charge in [-0.2, -0.15) is 0 Å². The summed E-state index contributed by atoms with van der Waals surface area (Å²) in [5.41, 5.74) is 0. The normalized spacial score (nSPS) is 22.0. The van der Waals surface area contributed by atoms with Crippen molar-refractivity contribution in [2.75, 3.05) is 25.0 Å². The minimum Gasteiger partial charge on any atom is -0.366 e. The van der Waals surface area contributed by atoms with Crippen LogP contribution in [0, 0.1) is 0 Å². The van der Waals surface area contributed by atoms with Crippen molar-refractivity contribution in [3.05, 3.63) is 23.4 Å².